The summed E-state index contributed by atoms with van der Waals surface area (Å²) in [7, 11) is 0. The largest absolute Gasteiger partial charge is 0.467 e. The van der Waals surface area contributed by atoms with Crippen LogP contribution in [-0.2, 0) is 11.3 Å². The molecule has 1 aromatic carbocycles. The Hall–Kier alpha value is -4.60. The summed E-state index contributed by atoms with van der Waals surface area (Å²) in [5, 5.41) is 10.8. The van der Waals surface area contributed by atoms with E-state index in [1.807, 2.05) is 30.3 Å². The number of rotatable bonds is 5. The third kappa shape index (κ3) is 3.37. The number of hydrazone groups is 1. The smallest absolute Gasteiger partial charge is 0.437 e. The predicted octanol–water partition coefficient (Wildman–Crippen LogP) is 3.81. The number of amides is 1. The molecule has 1 unspecified atom stereocenters. The molecule has 10 heteroatoms. The molecule has 33 heavy (non-hydrogen) atoms. The molecule has 0 saturated heterocycles. The molecule has 10 nitrogen and oxygen atoms in total. The minimum Gasteiger partial charge on any atom is -0.467 e. The first-order valence-electron chi connectivity index (χ1n) is 10.2. The fourth-order valence-electron chi connectivity index (χ4n) is 3.82. The standard InChI is InChI=1S/C23H16N4O6/c28-21(13-26-23(29)33-22(25-26)19-8-4-10-31-19)27-16(18-7-3-9-30-18)12-15(24-27)20-11-14-5-1-2-6-17(14)32-20/h1-11,16H,12-13H2. The lowest BCUT2D eigenvalue weighted by Crippen LogP contribution is -2.33. The Morgan fingerprint density at radius 2 is 1.85 bits per heavy atom. The van der Waals surface area contributed by atoms with Crippen LogP contribution >= 0.6 is 0 Å². The van der Waals surface area contributed by atoms with Crippen molar-refractivity contribution in [1.29, 1.82) is 0 Å². The van der Waals surface area contributed by atoms with Crippen LogP contribution in [0.1, 0.15) is 24.0 Å². The number of carbonyl (C=O) groups excluding carboxylic acids is 1. The van der Waals surface area contributed by atoms with E-state index in [1.165, 1.54) is 17.5 Å². The summed E-state index contributed by atoms with van der Waals surface area (Å²) < 4.78 is 22.7. The molecule has 0 spiro atoms. The normalized spacial score (nSPS) is 15.9. The highest BCUT2D eigenvalue weighted by atomic mass is 16.4. The molecular weight excluding hydrogens is 428 g/mol. The molecule has 1 amide bonds. The van der Waals surface area contributed by atoms with Crippen molar-refractivity contribution in [3.8, 4) is 11.7 Å². The minimum absolute atomic E-state index is 0.00623. The zero-order valence-corrected chi connectivity index (χ0v) is 17.1. The van der Waals surface area contributed by atoms with E-state index in [0.29, 0.717) is 23.7 Å². The van der Waals surface area contributed by atoms with Gasteiger partial charge >= 0.3 is 5.76 Å². The molecule has 6 rings (SSSR count). The third-order valence-corrected chi connectivity index (χ3v) is 5.37. The highest BCUT2D eigenvalue weighted by molar-refractivity contribution is 6.03. The average molecular weight is 444 g/mol. The molecule has 0 fully saturated rings. The van der Waals surface area contributed by atoms with Gasteiger partial charge in [0.1, 0.15) is 29.6 Å². The third-order valence-electron chi connectivity index (χ3n) is 5.37. The molecule has 4 aromatic heterocycles. The lowest BCUT2D eigenvalue weighted by molar-refractivity contribution is -0.134. The van der Waals surface area contributed by atoms with E-state index in [0.717, 1.165) is 15.7 Å². The summed E-state index contributed by atoms with van der Waals surface area (Å²) in [5.74, 6) is 0.198. The van der Waals surface area contributed by atoms with Gasteiger partial charge in [-0.15, -0.1) is 5.10 Å². The van der Waals surface area contributed by atoms with Gasteiger partial charge in [0.2, 0.25) is 0 Å². The van der Waals surface area contributed by atoms with E-state index < -0.39 is 17.7 Å². The number of fused-ring (bicyclic) bond motifs is 1. The van der Waals surface area contributed by atoms with Gasteiger partial charge in [-0.05, 0) is 36.4 Å². The molecule has 0 N–H and O–H groups in total. The van der Waals surface area contributed by atoms with Gasteiger partial charge in [0.25, 0.3) is 11.8 Å². The molecule has 0 radical (unpaired) electrons. The first-order chi connectivity index (χ1) is 16.2. The maximum atomic E-state index is 13.2. The Labute approximate surface area is 185 Å². The number of para-hydroxylation sites is 1. The number of nitrogens with zero attached hydrogens (tertiary/aromatic N) is 4. The van der Waals surface area contributed by atoms with E-state index >= 15 is 0 Å². The summed E-state index contributed by atoms with van der Waals surface area (Å²) in [5.41, 5.74) is 1.33. The van der Waals surface area contributed by atoms with E-state index in [9.17, 15) is 9.59 Å². The maximum absolute atomic E-state index is 13.2. The Morgan fingerprint density at radius 1 is 1.00 bits per heavy atom. The van der Waals surface area contributed by atoms with Crippen LogP contribution < -0.4 is 5.76 Å². The average Bonchev–Trinajstić information content (AvgIpc) is 3.64. The lowest BCUT2D eigenvalue weighted by atomic mass is 10.1. The van der Waals surface area contributed by atoms with Crippen LogP contribution in [0.3, 0.4) is 0 Å². The van der Waals surface area contributed by atoms with Gasteiger partial charge in [0.15, 0.2) is 11.5 Å². The predicted molar refractivity (Wildman–Crippen MR) is 114 cm³/mol. The molecule has 5 heterocycles. The van der Waals surface area contributed by atoms with Crippen molar-refractivity contribution in [1.82, 2.24) is 14.8 Å². The van der Waals surface area contributed by atoms with Crippen LogP contribution in [0.5, 0.6) is 0 Å². The second-order valence-electron chi connectivity index (χ2n) is 7.48. The summed E-state index contributed by atoms with van der Waals surface area (Å²) in [6.45, 7) is -0.364. The van der Waals surface area contributed by atoms with E-state index in [-0.39, 0.29) is 18.2 Å². The van der Waals surface area contributed by atoms with Crippen LogP contribution in [-0.4, -0.2) is 26.4 Å². The van der Waals surface area contributed by atoms with Gasteiger partial charge in [0.05, 0.1) is 12.5 Å². The molecule has 0 aliphatic carbocycles. The Morgan fingerprint density at radius 3 is 2.64 bits per heavy atom. The number of hydrogen-bond acceptors (Lipinski definition) is 8. The number of aromatic nitrogens is 2. The van der Waals surface area contributed by atoms with Gasteiger partial charge in [0, 0.05) is 11.8 Å². The van der Waals surface area contributed by atoms with Crippen molar-refractivity contribution in [2.75, 3.05) is 0 Å². The van der Waals surface area contributed by atoms with Crippen LogP contribution in [0.4, 0.5) is 0 Å². The summed E-state index contributed by atoms with van der Waals surface area (Å²) in [4.78, 5) is 25.4. The Kier molecular flexibility index (Phi) is 4.35. The SMILES string of the molecule is O=C(Cn1nc(-c2ccco2)oc1=O)N1N=C(c2cc3ccccc3o2)CC1c1ccco1. The van der Waals surface area contributed by atoms with E-state index in [1.54, 1.807) is 24.3 Å². The van der Waals surface area contributed by atoms with Crippen molar-refractivity contribution in [2.45, 2.75) is 19.0 Å². The van der Waals surface area contributed by atoms with Crippen LogP contribution in [0, 0.1) is 0 Å². The summed E-state index contributed by atoms with van der Waals surface area (Å²) >= 11 is 0. The fraction of sp³-hybridized carbons (Fsp3) is 0.130. The van der Waals surface area contributed by atoms with E-state index in [4.69, 9.17) is 17.7 Å². The van der Waals surface area contributed by atoms with Crippen molar-refractivity contribution in [3.63, 3.8) is 0 Å². The summed E-state index contributed by atoms with van der Waals surface area (Å²) in [6.07, 6.45) is 3.37. The highest BCUT2D eigenvalue weighted by Gasteiger charge is 2.36. The van der Waals surface area contributed by atoms with Crippen LogP contribution in [0.2, 0.25) is 0 Å². The topological polar surface area (TPSA) is 120 Å². The number of benzene rings is 1. The van der Waals surface area contributed by atoms with Crippen molar-refractivity contribution in [3.05, 3.63) is 89.2 Å². The maximum Gasteiger partial charge on any atom is 0.437 e. The molecule has 5 aromatic rings. The monoisotopic (exact) mass is 444 g/mol. The second kappa shape index (κ2) is 7.52. The van der Waals surface area contributed by atoms with Crippen LogP contribution in [0.25, 0.3) is 22.6 Å². The van der Waals surface area contributed by atoms with Gasteiger partial charge in [-0.25, -0.2) is 9.80 Å². The molecule has 0 bridgehead atoms. The highest BCUT2D eigenvalue weighted by Crippen LogP contribution is 2.34. The number of hydrogen-bond donors (Lipinski definition) is 0. The lowest BCUT2D eigenvalue weighted by Gasteiger charge is -2.19. The second-order valence-corrected chi connectivity index (χ2v) is 7.48. The Balaban J connectivity index is 1.32. The zero-order valence-electron chi connectivity index (χ0n) is 17.1. The van der Waals surface area contributed by atoms with E-state index in [2.05, 4.69) is 10.2 Å². The van der Waals surface area contributed by atoms with Crippen molar-refractivity contribution in [2.24, 2.45) is 5.10 Å². The number of carbonyl (C=O) groups is 1. The molecular formula is C23H16N4O6. The number of furan rings is 3. The first kappa shape index (κ1) is 19.1. The molecule has 1 aliphatic heterocycles. The molecule has 1 atom stereocenters. The molecule has 164 valence electrons. The Bertz CT molecular complexity index is 1490. The summed E-state index contributed by atoms with van der Waals surface area (Å²) in [6, 6.07) is 15.8. The molecule has 1 aliphatic rings. The first-order valence-corrected chi connectivity index (χ1v) is 10.2. The van der Waals surface area contributed by atoms with Crippen molar-refractivity contribution < 1.29 is 22.5 Å². The van der Waals surface area contributed by atoms with Crippen LogP contribution in [0.15, 0.2) is 94.7 Å². The fourth-order valence-corrected chi connectivity index (χ4v) is 3.82. The minimum atomic E-state index is -0.773. The van der Waals surface area contributed by atoms with Crippen molar-refractivity contribution >= 4 is 22.6 Å². The quantitative estimate of drug-likeness (QED) is 0.404. The zero-order chi connectivity index (χ0) is 22.4. The van der Waals surface area contributed by atoms with Gasteiger partial charge in [-0.2, -0.15) is 9.78 Å². The molecule has 0 saturated carbocycles. The van der Waals surface area contributed by atoms with Gasteiger partial charge < -0.3 is 17.7 Å². The van der Waals surface area contributed by atoms with Gasteiger partial charge in [-0.3, -0.25) is 4.79 Å². The van der Waals surface area contributed by atoms with Gasteiger partial charge in [-0.1, -0.05) is 18.2 Å².